The number of carboxylic acid groups (broad SMARTS) is 1. The van der Waals surface area contributed by atoms with Crippen LogP contribution in [0.25, 0.3) is 0 Å². The standard InChI is InChI=1S/C18H25N3O3.C2HF3O2/c1-2-19-10-12-3-5-13(6-4-12)17(22)20-15-7-8-16-14(9-15)11-24-18(23)21-16;3-2(4,5)1(6)7/h7-9,12-13,19H,2-6,10-11H2,1H3,(H,20,22)(H,21,23);(H,6,7). The maximum atomic E-state index is 12.5. The van der Waals surface area contributed by atoms with Gasteiger partial charge in [-0.15, -0.1) is 0 Å². The number of cyclic esters (lactones) is 1. The molecule has 1 aromatic carbocycles. The van der Waals surface area contributed by atoms with Crippen molar-refractivity contribution in [1.29, 1.82) is 0 Å². The molecule has 0 aromatic heterocycles. The molecule has 0 unspecified atom stereocenters. The maximum absolute atomic E-state index is 12.5. The van der Waals surface area contributed by atoms with Crippen molar-refractivity contribution in [2.75, 3.05) is 23.7 Å². The van der Waals surface area contributed by atoms with Crippen LogP contribution in [0.15, 0.2) is 18.2 Å². The van der Waals surface area contributed by atoms with Crippen LogP contribution in [0.5, 0.6) is 0 Å². The van der Waals surface area contributed by atoms with E-state index in [0.29, 0.717) is 5.92 Å². The fraction of sp³-hybridized carbons (Fsp3) is 0.550. The third-order valence-corrected chi connectivity index (χ3v) is 5.11. The first-order chi connectivity index (χ1) is 14.6. The topological polar surface area (TPSA) is 117 Å². The summed E-state index contributed by atoms with van der Waals surface area (Å²) >= 11 is 0. The minimum Gasteiger partial charge on any atom is -0.475 e. The van der Waals surface area contributed by atoms with Crippen molar-refractivity contribution in [3.63, 3.8) is 0 Å². The Kier molecular flexibility index (Phi) is 8.66. The molecule has 1 aliphatic heterocycles. The van der Waals surface area contributed by atoms with Crippen molar-refractivity contribution in [3.05, 3.63) is 23.8 Å². The highest BCUT2D eigenvalue weighted by molar-refractivity contribution is 5.94. The van der Waals surface area contributed by atoms with Crippen molar-refractivity contribution in [3.8, 4) is 0 Å². The second kappa shape index (κ2) is 11.0. The molecule has 172 valence electrons. The molecule has 1 aromatic rings. The molecule has 31 heavy (non-hydrogen) atoms. The lowest BCUT2D eigenvalue weighted by Crippen LogP contribution is -2.31. The van der Waals surface area contributed by atoms with Gasteiger partial charge >= 0.3 is 18.2 Å². The van der Waals surface area contributed by atoms with Gasteiger partial charge in [0.1, 0.15) is 6.61 Å². The van der Waals surface area contributed by atoms with Crippen molar-refractivity contribution in [2.24, 2.45) is 11.8 Å². The minimum absolute atomic E-state index is 0.0925. The van der Waals surface area contributed by atoms with E-state index in [-0.39, 0.29) is 18.4 Å². The predicted octanol–water partition coefficient (Wildman–Crippen LogP) is 3.74. The first-order valence-electron chi connectivity index (χ1n) is 9.98. The van der Waals surface area contributed by atoms with E-state index >= 15 is 0 Å². The number of amides is 2. The number of hydrogen-bond donors (Lipinski definition) is 4. The highest BCUT2D eigenvalue weighted by Crippen LogP contribution is 2.30. The van der Waals surface area contributed by atoms with Gasteiger partial charge in [-0.3, -0.25) is 10.1 Å². The number of alkyl halides is 3. The quantitative estimate of drug-likeness (QED) is 0.549. The minimum atomic E-state index is -5.08. The summed E-state index contributed by atoms with van der Waals surface area (Å²) in [6.45, 7) is 4.42. The number of ether oxygens (including phenoxy) is 1. The summed E-state index contributed by atoms with van der Waals surface area (Å²) in [6, 6.07) is 5.49. The number of rotatable bonds is 5. The van der Waals surface area contributed by atoms with Gasteiger partial charge in [0.2, 0.25) is 5.91 Å². The zero-order valence-electron chi connectivity index (χ0n) is 17.1. The Bertz CT molecular complexity index is 793. The summed E-state index contributed by atoms with van der Waals surface area (Å²) in [4.78, 5) is 32.6. The van der Waals surface area contributed by atoms with Crippen LogP contribution in [0.3, 0.4) is 0 Å². The van der Waals surface area contributed by atoms with Gasteiger partial charge in [0.25, 0.3) is 0 Å². The molecule has 0 bridgehead atoms. The van der Waals surface area contributed by atoms with Crippen molar-refractivity contribution in [2.45, 2.75) is 45.4 Å². The first kappa shape index (κ1) is 24.4. The number of hydrogen-bond acceptors (Lipinski definition) is 5. The van der Waals surface area contributed by atoms with Crippen molar-refractivity contribution >= 4 is 29.3 Å². The molecule has 1 aliphatic carbocycles. The van der Waals surface area contributed by atoms with Gasteiger partial charge in [-0.25, -0.2) is 9.59 Å². The summed E-state index contributed by atoms with van der Waals surface area (Å²) in [7, 11) is 0. The molecule has 3 rings (SSSR count). The van der Waals surface area contributed by atoms with Crippen LogP contribution in [0, 0.1) is 11.8 Å². The third kappa shape index (κ3) is 7.74. The molecule has 0 saturated heterocycles. The normalized spacial score (nSPS) is 20.3. The van der Waals surface area contributed by atoms with Gasteiger partial charge in [-0.2, -0.15) is 13.2 Å². The fourth-order valence-corrected chi connectivity index (χ4v) is 3.42. The molecular weight excluding hydrogens is 419 g/mol. The number of benzene rings is 1. The van der Waals surface area contributed by atoms with E-state index in [1.165, 1.54) is 0 Å². The third-order valence-electron chi connectivity index (χ3n) is 5.11. The second-order valence-corrected chi connectivity index (χ2v) is 7.39. The van der Waals surface area contributed by atoms with Gasteiger partial charge in [-0.05, 0) is 62.9 Å². The molecule has 0 radical (unpaired) electrons. The molecule has 11 heteroatoms. The van der Waals surface area contributed by atoms with E-state index in [1.807, 2.05) is 12.1 Å². The van der Waals surface area contributed by atoms with Gasteiger partial charge in [0.05, 0.1) is 5.69 Å². The van der Waals surface area contributed by atoms with Gasteiger partial charge in [-0.1, -0.05) is 6.92 Å². The predicted molar refractivity (Wildman–Crippen MR) is 107 cm³/mol. The number of nitrogens with one attached hydrogen (secondary N) is 3. The van der Waals surface area contributed by atoms with Crippen LogP contribution in [0.4, 0.5) is 29.3 Å². The van der Waals surface area contributed by atoms with Gasteiger partial charge in [0.15, 0.2) is 0 Å². The molecule has 0 atom stereocenters. The van der Waals surface area contributed by atoms with E-state index < -0.39 is 18.2 Å². The second-order valence-electron chi connectivity index (χ2n) is 7.39. The Morgan fingerprint density at radius 2 is 1.87 bits per heavy atom. The van der Waals surface area contributed by atoms with E-state index in [0.717, 1.165) is 55.7 Å². The van der Waals surface area contributed by atoms with Crippen molar-refractivity contribution < 1.29 is 37.4 Å². The molecule has 0 spiro atoms. The van der Waals surface area contributed by atoms with Crippen LogP contribution < -0.4 is 16.0 Å². The van der Waals surface area contributed by atoms with Crippen LogP contribution in [-0.2, 0) is 20.9 Å². The molecule has 2 amide bonds. The van der Waals surface area contributed by atoms with Gasteiger partial charge in [0, 0.05) is 17.2 Å². The molecule has 4 N–H and O–H groups in total. The molecule has 1 fully saturated rings. The summed E-state index contributed by atoms with van der Waals surface area (Å²) in [6.07, 6.45) is -1.41. The summed E-state index contributed by atoms with van der Waals surface area (Å²) in [5.41, 5.74) is 2.38. The highest BCUT2D eigenvalue weighted by Gasteiger charge is 2.38. The van der Waals surface area contributed by atoms with E-state index in [1.54, 1.807) is 6.07 Å². The molecule has 1 saturated carbocycles. The number of carbonyl (C=O) groups excluding carboxylic acids is 2. The lowest BCUT2D eigenvalue weighted by atomic mass is 9.81. The summed E-state index contributed by atoms with van der Waals surface area (Å²) in [5, 5.41) is 16.2. The summed E-state index contributed by atoms with van der Waals surface area (Å²) < 4.78 is 36.7. The lowest BCUT2D eigenvalue weighted by Gasteiger charge is -2.28. The Balaban J connectivity index is 0.000000423. The zero-order valence-corrected chi connectivity index (χ0v) is 17.1. The fourth-order valence-electron chi connectivity index (χ4n) is 3.42. The lowest BCUT2D eigenvalue weighted by molar-refractivity contribution is -0.192. The van der Waals surface area contributed by atoms with E-state index in [9.17, 15) is 22.8 Å². The molecule has 1 heterocycles. The number of aliphatic carboxylic acids is 1. The number of fused-ring (bicyclic) bond motifs is 1. The molecule has 2 aliphatic rings. The maximum Gasteiger partial charge on any atom is 0.490 e. The average molecular weight is 445 g/mol. The van der Waals surface area contributed by atoms with Crippen LogP contribution in [0.2, 0.25) is 0 Å². The van der Waals surface area contributed by atoms with Crippen LogP contribution >= 0.6 is 0 Å². The summed E-state index contributed by atoms with van der Waals surface area (Å²) in [5.74, 6) is -1.88. The molecule has 8 nitrogen and oxygen atoms in total. The number of carboxylic acids is 1. The van der Waals surface area contributed by atoms with Crippen LogP contribution in [0.1, 0.15) is 38.2 Å². The highest BCUT2D eigenvalue weighted by atomic mass is 19.4. The first-order valence-corrected chi connectivity index (χ1v) is 9.98. The number of halogens is 3. The Morgan fingerprint density at radius 1 is 1.23 bits per heavy atom. The monoisotopic (exact) mass is 445 g/mol. The van der Waals surface area contributed by atoms with E-state index in [4.69, 9.17) is 14.6 Å². The Labute approximate surface area is 177 Å². The Morgan fingerprint density at radius 3 is 2.45 bits per heavy atom. The number of anilines is 2. The SMILES string of the molecule is CCNCC1CCC(C(=O)Nc2ccc3c(c2)COC(=O)N3)CC1.O=C(O)C(F)(F)F. The number of carbonyl (C=O) groups is 3. The van der Waals surface area contributed by atoms with E-state index in [2.05, 4.69) is 22.9 Å². The smallest absolute Gasteiger partial charge is 0.475 e. The van der Waals surface area contributed by atoms with Gasteiger partial charge < -0.3 is 20.5 Å². The molecular formula is C20H26F3N3O5. The van der Waals surface area contributed by atoms with Crippen LogP contribution in [-0.4, -0.2) is 42.3 Å². The largest absolute Gasteiger partial charge is 0.490 e. The zero-order chi connectivity index (χ0) is 23.0. The average Bonchev–Trinajstić information content (AvgIpc) is 2.72. The Hall–Kier alpha value is -2.82. The van der Waals surface area contributed by atoms with Crippen molar-refractivity contribution in [1.82, 2.24) is 5.32 Å².